The first-order valence-corrected chi connectivity index (χ1v) is 6.41. The molecule has 102 valence electrons. The van der Waals surface area contributed by atoms with Crippen LogP contribution in [-0.4, -0.2) is 18.4 Å². The Bertz CT molecular complexity index is 510. The highest BCUT2D eigenvalue weighted by Gasteiger charge is 2.30. The van der Waals surface area contributed by atoms with Crippen LogP contribution in [0.2, 0.25) is 5.02 Å². The van der Waals surface area contributed by atoms with Crippen LogP contribution < -0.4 is 10.6 Å². The quantitative estimate of drug-likeness (QED) is 0.894. The number of amides is 1. The molecular formula is C13H15ClFN3O. The van der Waals surface area contributed by atoms with Gasteiger partial charge in [0.05, 0.1) is 0 Å². The molecule has 0 bridgehead atoms. The van der Waals surface area contributed by atoms with E-state index >= 15 is 0 Å². The average molecular weight is 284 g/mol. The van der Waals surface area contributed by atoms with Gasteiger partial charge in [-0.3, -0.25) is 15.1 Å². The van der Waals surface area contributed by atoms with Crippen LogP contribution >= 0.6 is 11.6 Å². The zero-order valence-electron chi connectivity index (χ0n) is 10.7. The van der Waals surface area contributed by atoms with Crippen LogP contribution in [0.15, 0.2) is 23.2 Å². The van der Waals surface area contributed by atoms with E-state index in [9.17, 15) is 9.18 Å². The van der Waals surface area contributed by atoms with Crippen LogP contribution in [0.4, 0.5) is 4.39 Å². The van der Waals surface area contributed by atoms with E-state index in [1.54, 1.807) is 6.07 Å². The third kappa shape index (κ3) is 3.44. The normalized spacial score (nSPS) is 20.8. The number of halogens is 2. The lowest BCUT2D eigenvalue weighted by molar-refractivity contribution is -0.120. The van der Waals surface area contributed by atoms with Gasteiger partial charge in [-0.15, -0.1) is 0 Å². The number of carbonyl (C=O) groups is 1. The minimum absolute atomic E-state index is 0.260. The van der Waals surface area contributed by atoms with Crippen molar-refractivity contribution in [2.24, 2.45) is 10.9 Å². The second kappa shape index (κ2) is 5.57. The highest BCUT2D eigenvalue weighted by Crippen LogP contribution is 2.22. The molecule has 0 radical (unpaired) electrons. The van der Waals surface area contributed by atoms with E-state index in [1.165, 1.54) is 12.1 Å². The Balaban J connectivity index is 2.18. The van der Waals surface area contributed by atoms with Gasteiger partial charge >= 0.3 is 0 Å². The largest absolute Gasteiger partial charge is 0.340 e. The van der Waals surface area contributed by atoms with E-state index in [0.717, 1.165) is 0 Å². The molecule has 0 saturated carbocycles. The van der Waals surface area contributed by atoms with Crippen molar-refractivity contribution in [1.29, 1.82) is 0 Å². The molecule has 1 aliphatic rings. The van der Waals surface area contributed by atoms with Crippen molar-refractivity contribution in [2.45, 2.75) is 19.9 Å². The van der Waals surface area contributed by atoms with Gasteiger partial charge in [0.1, 0.15) is 11.9 Å². The van der Waals surface area contributed by atoms with Crippen molar-refractivity contribution >= 4 is 23.5 Å². The van der Waals surface area contributed by atoms with E-state index in [1.807, 2.05) is 13.8 Å². The van der Waals surface area contributed by atoms with Crippen molar-refractivity contribution in [3.05, 3.63) is 34.6 Å². The van der Waals surface area contributed by atoms with Crippen LogP contribution in [-0.2, 0) is 4.79 Å². The van der Waals surface area contributed by atoms with Crippen LogP contribution in [0, 0.1) is 11.7 Å². The lowest BCUT2D eigenvalue weighted by Gasteiger charge is -2.08. The molecule has 1 aromatic rings. The Labute approximate surface area is 116 Å². The number of hydrogen-bond acceptors (Lipinski definition) is 2. The highest BCUT2D eigenvalue weighted by atomic mass is 35.5. The number of nitrogens with one attached hydrogen (secondary N) is 2. The molecule has 19 heavy (non-hydrogen) atoms. The van der Waals surface area contributed by atoms with Crippen LogP contribution in [0.3, 0.4) is 0 Å². The predicted molar refractivity (Wildman–Crippen MR) is 72.6 cm³/mol. The molecule has 1 aliphatic heterocycles. The zero-order valence-corrected chi connectivity index (χ0v) is 11.5. The van der Waals surface area contributed by atoms with Crippen LogP contribution in [0.5, 0.6) is 0 Å². The smallest absolute Gasteiger partial charge is 0.253 e. The monoisotopic (exact) mass is 283 g/mol. The van der Waals surface area contributed by atoms with E-state index in [4.69, 9.17) is 11.6 Å². The first-order chi connectivity index (χ1) is 8.95. The van der Waals surface area contributed by atoms with Gasteiger partial charge < -0.3 is 5.32 Å². The summed E-state index contributed by atoms with van der Waals surface area (Å²) < 4.78 is 13.3. The van der Waals surface area contributed by atoms with Gasteiger partial charge in [0.25, 0.3) is 5.91 Å². The summed E-state index contributed by atoms with van der Waals surface area (Å²) in [5.41, 5.74) is 0.484. The summed E-state index contributed by atoms with van der Waals surface area (Å²) in [5, 5.41) is 5.82. The first-order valence-electron chi connectivity index (χ1n) is 6.03. The Hall–Kier alpha value is -1.62. The van der Waals surface area contributed by atoms with Gasteiger partial charge in [0.2, 0.25) is 0 Å². The summed E-state index contributed by atoms with van der Waals surface area (Å²) >= 11 is 5.79. The van der Waals surface area contributed by atoms with Gasteiger partial charge in [0.15, 0.2) is 5.96 Å². The lowest BCUT2D eigenvalue weighted by atomic mass is 10.1. The SMILES string of the molecule is CC(C)CN=C1NC(=O)C(c2cc(F)cc(Cl)c2)N1. The fourth-order valence-corrected chi connectivity index (χ4v) is 1.99. The van der Waals surface area contributed by atoms with Crippen molar-refractivity contribution in [3.63, 3.8) is 0 Å². The second-order valence-electron chi connectivity index (χ2n) is 4.85. The standard InChI is InChI=1S/C13H15ClFN3O/c1-7(2)6-16-13-17-11(12(19)18-13)8-3-9(14)5-10(15)4-8/h3-5,7,11H,6H2,1-2H3,(H2,16,17,18,19). The Morgan fingerprint density at radius 3 is 2.79 bits per heavy atom. The van der Waals surface area contributed by atoms with Gasteiger partial charge in [-0.1, -0.05) is 25.4 Å². The Kier molecular flexibility index (Phi) is 4.04. The molecule has 0 spiro atoms. The Morgan fingerprint density at radius 1 is 1.42 bits per heavy atom. The molecular weight excluding hydrogens is 269 g/mol. The number of rotatable bonds is 3. The molecule has 1 unspecified atom stereocenters. The maximum Gasteiger partial charge on any atom is 0.253 e. The predicted octanol–water partition coefficient (Wildman–Crippen LogP) is 2.25. The van der Waals surface area contributed by atoms with Gasteiger partial charge in [-0.05, 0) is 29.7 Å². The van der Waals surface area contributed by atoms with Crippen molar-refractivity contribution in [2.75, 3.05) is 6.54 Å². The molecule has 1 saturated heterocycles. The molecule has 1 aromatic carbocycles. The fourth-order valence-electron chi connectivity index (χ4n) is 1.76. The summed E-state index contributed by atoms with van der Waals surface area (Å²) in [5.74, 6) is 0.0896. The van der Waals surface area contributed by atoms with E-state index in [2.05, 4.69) is 15.6 Å². The average Bonchev–Trinajstić information content (AvgIpc) is 2.66. The lowest BCUT2D eigenvalue weighted by Crippen LogP contribution is -2.26. The fraction of sp³-hybridized carbons (Fsp3) is 0.385. The molecule has 0 aromatic heterocycles. The van der Waals surface area contributed by atoms with E-state index < -0.39 is 11.9 Å². The second-order valence-corrected chi connectivity index (χ2v) is 5.29. The van der Waals surface area contributed by atoms with E-state index in [0.29, 0.717) is 24.0 Å². The summed E-state index contributed by atoms with van der Waals surface area (Å²) in [4.78, 5) is 16.1. The molecule has 6 heteroatoms. The maximum absolute atomic E-state index is 13.3. The van der Waals surface area contributed by atoms with Crippen LogP contribution in [0.1, 0.15) is 25.5 Å². The van der Waals surface area contributed by atoms with Crippen molar-refractivity contribution in [1.82, 2.24) is 10.6 Å². The maximum atomic E-state index is 13.3. The summed E-state index contributed by atoms with van der Waals surface area (Å²) in [7, 11) is 0. The third-order valence-electron chi connectivity index (χ3n) is 2.62. The van der Waals surface area contributed by atoms with Crippen molar-refractivity contribution in [3.8, 4) is 0 Å². The number of hydrogen-bond donors (Lipinski definition) is 2. The van der Waals surface area contributed by atoms with E-state index in [-0.39, 0.29) is 10.9 Å². The minimum atomic E-state index is -0.654. The minimum Gasteiger partial charge on any atom is -0.340 e. The zero-order chi connectivity index (χ0) is 14.0. The van der Waals surface area contributed by atoms with Crippen LogP contribution in [0.25, 0.3) is 0 Å². The number of guanidine groups is 1. The van der Waals surface area contributed by atoms with Crippen molar-refractivity contribution < 1.29 is 9.18 Å². The molecule has 1 amide bonds. The molecule has 2 rings (SSSR count). The highest BCUT2D eigenvalue weighted by molar-refractivity contribution is 6.30. The molecule has 4 nitrogen and oxygen atoms in total. The summed E-state index contributed by atoms with van der Waals surface area (Å²) in [6, 6.07) is 3.40. The van der Waals surface area contributed by atoms with Gasteiger partial charge in [-0.25, -0.2) is 4.39 Å². The number of benzene rings is 1. The number of carbonyl (C=O) groups excluding carboxylic acids is 1. The third-order valence-corrected chi connectivity index (χ3v) is 2.84. The Morgan fingerprint density at radius 2 is 2.16 bits per heavy atom. The summed E-state index contributed by atoms with van der Waals surface area (Å²) in [6.45, 7) is 4.68. The number of nitrogens with zero attached hydrogens (tertiary/aromatic N) is 1. The molecule has 0 aliphatic carbocycles. The van der Waals surface area contributed by atoms with Gasteiger partial charge in [0, 0.05) is 11.6 Å². The molecule has 1 atom stereocenters. The molecule has 1 fully saturated rings. The molecule has 2 N–H and O–H groups in total. The first kappa shape index (κ1) is 13.8. The summed E-state index contributed by atoms with van der Waals surface area (Å²) in [6.07, 6.45) is 0. The molecule has 1 heterocycles. The number of aliphatic imine (C=N–C) groups is 1. The van der Waals surface area contributed by atoms with Gasteiger partial charge in [-0.2, -0.15) is 0 Å². The topological polar surface area (TPSA) is 53.5 Å².